The molecule has 1 rings (SSSR count). The molecular formula is C14H19N3O2. The predicted molar refractivity (Wildman–Crippen MR) is 72.7 cm³/mol. The highest BCUT2D eigenvalue weighted by atomic mass is 16.5. The second kappa shape index (κ2) is 7.39. The van der Waals surface area contributed by atoms with Crippen LogP contribution < -0.4 is 10.1 Å². The molecule has 0 radical (unpaired) electrons. The lowest BCUT2D eigenvalue weighted by molar-refractivity contribution is -0.120. The fraction of sp³-hybridized carbons (Fsp3) is 0.429. The van der Waals surface area contributed by atoms with E-state index in [4.69, 9.17) is 10.00 Å². The van der Waals surface area contributed by atoms with E-state index in [1.807, 2.05) is 19.2 Å². The summed E-state index contributed by atoms with van der Waals surface area (Å²) in [4.78, 5) is 13.2. The topological polar surface area (TPSA) is 65.4 Å². The molecule has 0 heterocycles. The molecule has 0 atom stereocenters. The lowest BCUT2D eigenvalue weighted by atomic mass is 10.1. The first kappa shape index (κ1) is 15.0. The van der Waals surface area contributed by atoms with Crippen molar-refractivity contribution < 1.29 is 9.53 Å². The number of hydrogen-bond acceptors (Lipinski definition) is 4. The van der Waals surface area contributed by atoms with Gasteiger partial charge in [0.25, 0.3) is 0 Å². The minimum Gasteiger partial charge on any atom is -0.495 e. The maximum absolute atomic E-state index is 11.2. The summed E-state index contributed by atoms with van der Waals surface area (Å²) in [6.45, 7) is 1.39. The highest BCUT2D eigenvalue weighted by molar-refractivity contribution is 5.75. The van der Waals surface area contributed by atoms with Crippen molar-refractivity contribution >= 4 is 5.91 Å². The summed E-state index contributed by atoms with van der Waals surface area (Å²) in [6.07, 6.45) is 0.473. The van der Waals surface area contributed by atoms with Crippen LogP contribution in [0.25, 0.3) is 0 Å². The van der Waals surface area contributed by atoms with Gasteiger partial charge < -0.3 is 15.0 Å². The van der Waals surface area contributed by atoms with Gasteiger partial charge in [-0.25, -0.2) is 0 Å². The first-order valence-electron chi connectivity index (χ1n) is 6.06. The molecule has 1 N–H and O–H groups in total. The van der Waals surface area contributed by atoms with Crippen LogP contribution in [0.2, 0.25) is 0 Å². The molecule has 0 spiro atoms. The number of hydrogen-bond donors (Lipinski definition) is 1. The van der Waals surface area contributed by atoms with Gasteiger partial charge in [-0.05, 0) is 24.7 Å². The van der Waals surface area contributed by atoms with Gasteiger partial charge in [-0.15, -0.1) is 0 Å². The van der Waals surface area contributed by atoms with Gasteiger partial charge in [-0.1, -0.05) is 6.07 Å². The molecule has 0 unspecified atom stereocenters. The average molecular weight is 261 g/mol. The summed E-state index contributed by atoms with van der Waals surface area (Å²) >= 11 is 0. The SMILES string of the molecule is CNC(=O)CCN(C)Cc1ccc(C#N)c(OC)c1. The Hall–Kier alpha value is -2.06. The van der Waals surface area contributed by atoms with E-state index < -0.39 is 0 Å². The van der Waals surface area contributed by atoms with E-state index in [0.29, 0.717) is 30.8 Å². The van der Waals surface area contributed by atoms with Gasteiger partial charge in [0.2, 0.25) is 5.91 Å². The number of carbonyl (C=O) groups is 1. The first-order valence-corrected chi connectivity index (χ1v) is 6.06. The molecule has 5 heteroatoms. The molecule has 0 fully saturated rings. The molecule has 1 aromatic rings. The molecule has 1 amide bonds. The van der Waals surface area contributed by atoms with Crippen LogP contribution in [-0.2, 0) is 11.3 Å². The van der Waals surface area contributed by atoms with Crippen molar-refractivity contribution in [1.29, 1.82) is 5.26 Å². The molecular weight excluding hydrogens is 242 g/mol. The maximum Gasteiger partial charge on any atom is 0.221 e. The molecule has 0 aromatic heterocycles. The Morgan fingerprint density at radius 1 is 1.53 bits per heavy atom. The standard InChI is InChI=1S/C14H19N3O2/c1-16-14(18)6-7-17(2)10-11-4-5-12(9-15)13(8-11)19-3/h4-5,8H,6-7,10H2,1-3H3,(H,16,18). The van der Waals surface area contributed by atoms with Gasteiger partial charge in [-0.2, -0.15) is 5.26 Å². The second-order valence-electron chi connectivity index (χ2n) is 4.31. The van der Waals surface area contributed by atoms with Gasteiger partial charge in [0.15, 0.2) is 0 Å². The highest BCUT2D eigenvalue weighted by Gasteiger charge is 2.07. The van der Waals surface area contributed by atoms with Crippen LogP contribution in [0.1, 0.15) is 17.5 Å². The van der Waals surface area contributed by atoms with E-state index in [-0.39, 0.29) is 5.91 Å². The zero-order valence-electron chi connectivity index (χ0n) is 11.6. The molecule has 5 nitrogen and oxygen atoms in total. The zero-order chi connectivity index (χ0) is 14.3. The molecule has 0 saturated heterocycles. The minimum absolute atomic E-state index is 0.0317. The van der Waals surface area contributed by atoms with Crippen LogP contribution in [0, 0.1) is 11.3 Å². The molecule has 0 saturated carbocycles. The van der Waals surface area contributed by atoms with Crippen molar-refractivity contribution in [3.05, 3.63) is 29.3 Å². The van der Waals surface area contributed by atoms with Crippen molar-refractivity contribution in [2.24, 2.45) is 0 Å². The monoisotopic (exact) mass is 261 g/mol. The van der Waals surface area contributed by atoms with Crippen molar-refractivity contribution in [2.45, 2.75) is 13.0 Å². The van der Waals surface area contributed by atoms with Crippen molar-refractivity contribution in [2.75, 3.05) is 27.7 Å². The van der Waals surface area contributed by atoms with Gasteiger partial charge in [-0.3, -0.25) is 4.79 Å². The van der Waals surface area contributed by atoms with Crippen LogP contribution >= 0.6 is 0 Å². The fourth-order valence-corrected chi connectivity index (χ4v) is 1.73. The Labute approximate surface area is 113 Å². The highest BCUT2D eigenvalue weighted by Crippen LogP contribution is 2.19. The number of benzene rings is 1. The van der Waals surface area contributed by atoms with Crippen LogP contribution in [0.15, 0.2) is 18.2 Å². The number of amides is 1. The van der Waals surface area contributed by atoms with E-state index in [0.717, 1.165) is 5.56 Å². The summed E-state index contributed by atoms with van der Waals surface area (Å²) in [7, 11) is 5.14. The maximum atomic E-state index is 11.2. The quantitative estimate of drug-likeness (QED) is 0.834. The molecule has 0 aliphatic heterocycles. The van der Waals surface area contributed by atoms with Gasteiger partial charge in [0.05, 0.1) is 12.7 Å². The van der Waals surface area contributed by atoms with Crippen LogP contribution in [0.5, 0.6) is 5.75 Å². The third kappa shape index (κ3) is 4.60. The Balaban J connectivity index is 2.62. The smallest absolute Gasteiger partial charge is 0.221 e. The molecule has 0 bridgehead atoms. The Morgan fingerprint density at radius 3 is 2.84 bits per heavy atom. The van der Waals surface area contributed by atoms with Gasteiger partial charge in [0, 0.05) is 26.6 Å². The summed E-state index contributed by atoms with van der Waals surface area (Å²) in [5.74, 6) is 0.615. The number of nitrogens with zero attached hydrogens (tertiary/aromatic N) is 2. The number of carbonyl (C=O) groups excluding carboxylic acids is 1. The normalized spacial score (nSPS) is 10.1. The van der Waals surface area contributed by atoms with E-state index in [2.05, 4.69) is 16.3 Å². The minimum atomic E-state index is 0.0317. The number of nitrogens with one attached hydrogen (secondary N) is 1. The number of methoxy groups -OCH3 is 1. The van der Waals surface area contributed by atoms with Crippen LogP contribution in [0.3, 0.4) is 0 Å². The Kier molecular flexibility index (Phi) is 5.83. The summed E-state index contributed by atoms with van der Waals surface area (Å²) in [6, 6.07) is 7.59. The van der Waals surface area contributed by atoms with E-state index >= 15 is 0 Å². The Morgan fingerprint density at radius 2 is 2.26 bits per heavy atom. The molecule has 19 heavy (non-hydrogen) atoms. The van der Waals surface area contributed by atoms with Crippen molar-refractivity contribution in [1.82, 2.24) is 10.2 Å². The van der Waals surface area contributed by atoms with Crippen LogP contribution in [0.4, 0.5) is 0 Å². The molecule has 102 valence electrons. The third-order valence-electron chi connectivity index (χ3n) is 2.84. The third-order valence-corrected chi connectivity index (χ3v) is 2.84. The second-order valence-corrected chi connectivity index (χ2v) is 4.31. The largest absolute Gasteiger partial charge is 0.495 e. The van der Waals surface area contributed by atoms with Crippen molar-refractivity contribution in [3.8, 4) is 11.8 Å². The fourth-order valence-electron chi connectivity index (χ4n) is 1.73. The summed E-state index contributed by atoms with van der Waals surface area (Å²) in [5.41, 5.74) is 1.58. The number of rotatable bonds is 6. The average Bonchev–Trinajstić information content (AvgIpc) is 2.44. The van der Waals surface area contributed by atoms with Gasteiger partial charge in [0.1, 0.15) is 11.8 Å². The summed E-state index contributed by atoms with van der Waals surface area (Å²) in [5, 5.41) is 11.5. The number of nitriles is 1. The molecule has 0 aliphatic rings. The van der Waals surface area contributed by atoms with E-state index in [1.54, 1.807) is 20.2 Å². The molecule has 0 aliphatic carbocycles. The summed E-state index contributed by atoms with van der Waals surface area (Å²) < 4.78 is 5.17. The van der Waals surface area contributed by atoms with Gasteiger partial charge >= 0.3 is 0 Å². The lowest BCUT2D eigenvalue weighted by Crippen LogP contribution is -2.26. The molecule has 1 aromatic carbocycles. The first-order chi connectivity index (χ1) is 9.10. The lowest BCUT2D eigenvalue weighted by Gasteiger charge is -2.16. The Bertz CT molecular complexity index is 480. The van der Waals surface area contributed by atoms with Crippen molar-refractivity contribution in [3.63, 3.8) is 0 Å². The number of ether oxygens (including phenoxy) is 1. The van der Waals surface area contributed by atoms with Crippen LogP contribution in [-0.4, -0.2) is 38.6 Å². The predicted octanol–water partition coefficient (Wildman–Crippen LogP) is 1.13. The van der Waals surface area contributed by atoms with E-state index in [1.165, 1.54) is 0 Å². The zero-order valence-corrected chi connectivity index (χ0v) is 11.6. The van der Waals surface area contributed by atoms with E-state index in [9.17, 15) is 4.79 Å².